The zero-order chi connectivity index (χ0) is 16.3. The Labute approximate surface area is 130 Å². The van der Waals surface area contributed by atoms with Crippen LogP contribution in [0.1, 0.15) is 19.4 Å². The fraction of sp³-hybridized carbons (Fsp3) is 0.412. The number of cyclic esters (lactones) is 1. The van der Waals surface area contributed by atoms with Crippen molar-refractivity contribution in [3.63, 3.8) is 0 Å². The van der Waals surface area contributed by atoms with Crippen LogP contribution < -0.4 is 0 Å². The highest BCUT2D eigenvalue weighted by Crippen LogP contribution is 2.22. The number of nitrogens with zero attached hydrogens (tertiary/aromatic N) is 1. The Kier molecular flexibility index (Phi) is 4.98. The van der Waals surface area contributed by atoms with Crippen molar-refractivity contribution in [1.29, 1.82) is 0 Å². The second kappa shape index (κ2) is 6.75. The summed E-state index contributed by atoms with van der Waals surface area (Å²) < 4.78 is 5.02. The zero-order valence-electron chi connectivity index (χ0n) is 12.9. The van der Waals surface area contributed by atoms with Gasteiger partial charge in [0.2, 0.25) is 5.91 Å². The summed E-state index contributed by atoms with van der Waals surface area (Å²) in [5.74, 6) is -1.17. The van der Waals surface area contributed by atoms with Crippen molar-refractivity contribution in [3.05, 3.63) is 48.0 Å². The van der Waals surface area contributed by atoms with Crippen LogP contribution in [0.15, 0.2) is 42.5 Å². The van der Waals surface area contributed by atoms with E-state index in [1.807, 2.05) is 30.3 Å². The van der Waals surface area contributed by atoms with E-state index in [2.05, 4.69) is 6.58 Å². The van der Waals surface area contributed by atoms with Gasteiger partial charge in [-0.15, -0.1) is 0 Å². The SMILES string of the molecule is C=C(C)C(O)C(C)C(=O)N1C(=O)OCC1Cc1ccccc1. The molecule has 1 saturated heterocycles. The summed E-state index contributed by atoms with van der Waals surface area (Å²) >= 11 is 0. The first-order valence-electron chi connectivity index (χ1n) is 7.29. The molecule has 1 N–H and O–H groups in total. The van der Waals surface area contributed by atoms with Crippen LogP contribution in [0.25, 0.3) is 0 Å². The number of imide groups is 1. The molecule has 22 heavy (non-hydrogen) atoms. The van der Waals surface area contributed by atoms with Gasteiger partial charge in [0, 0.05) is 0 Å². The number of aliphatic hydroxyl groups is 1. The molecule has 1 aliphatic heterocycles. The highest BCUT2D eigenvalue weighted by atomic mass is 16.6. The summed E-state index contributed by atoms with van der Waals surface area (Å²) in [7, 11) is 0. The normalized spacial score (nSPS) is 20.4. The average molecular weight is 303 g/mol. The van der Waals surface area contributed by atoms with Gasteiger partial charge in [-0.05, 0) is 18.9 Å². The molecule has 2 amide bonds. The van der Waals surface area contributed by atoms with Crippen LogP contribution in [0, 0.1) is 5.92 Å². The first-order chi connectivity index (χ1) is 10.4. The smallest absolute Gasteiger partial charge is 0.416 e. The molecule has 1 aromatic rings. The van der Waals surface area contributed by atoms with Crippen LogP contribution in [0.5, 0.6) is 0 Å². The number of amides is 2. The van der Waals surface area contributed by atoms with Crippen LogP contribution >= 0.6 is 0 Å². The van der Waals surface area contributed by atoms with Crippen LogP contribution in [0.4, 0.5) is 4.79 Å². The molecule has 0 radical (unpaired) electrons. The Morgan fingerprint density at radius 2 is 2.09 bits per heavy atom. The molecule has 0 spiro atoms. The van der Waals surface area contributed by atoms with E-state index in [1.54, 1.807) is 13.8 Å². The summed E-state index contributed by atoms with van der Waals surface area (Å²) in [5.41, 5.74) is 1.52. The molecule has 5 nitrogen and oxygen atoms in total. The summed E-state index contributed by atoms with van der Waals surface area (Å²) in [5, 5.41) is 9.99. The number of hydrogen-bond acceptors (Lipinski definition) is 4. The first kappa shape index (κ1) is 16.2. The molecule has 2 rings (SSSR count). The van der Waals surface area contributed by atoms with Gasteiger partial charge in [0.1, 0.15) is 6.61 Å². The number of aliphatic hydroxyl groups excluding tert-OH is 1. The second-order valence-corrected chi connectivity index (χ2v) is 5.71. The summed E-state index contributed by atoms with van der Waals surface area (Å²) in [6, 6.07) is 9.27. The fourth-order valence-corrected chi connectivity index (χ4v) is 2.55. The monoisotopic (exact) mass is 303 g/mol. The van der Waals surface area contributed by atoms with Crippen LogP contribution in [-0.2, 0) is 16.0 Å². The minimum atomic E-state index is -0.974. The van der Waals surface area contributed by atoms with Gasteiger partial charge in [-0.3, -0.25) is 4.79 Å². The van der Waals surface area contributed by atoms with E-state index in [-0.39, 0.29) is 12.6 Å². The van der Waals surface area contributed by atoms with E-state index in [0.717, 1.165) is 10.5 Å². The lowest BCUT2D eigenvalue weighted by Gasteiger charge is -2.25. The fourth-order valence-electron chi connectivity index (χ4n) is 2.55. The number of ether oxygens (including phenoxy) is 1. The number of hydrogen-bond donors (Lipinski definition) is 1. The first-order valence-corrected chi connectivity index (χ1v) is 7.29. The molecule has 0 saturated carbocycles. The summed E-state index contributed by atoms with van der Waals surface area (Å²) in [4.78, 5) is 25.5. The predicted molar refractivity (Wildman–Crippen MR) is 82.1 cm³/mol. The molecule has 5 heteroatoms. The number of rotatable bonds is 5. The van der Waals surface area contributed by atoms with Crippen molar-refractivity contribution in [2.45, 2.75) is 32.4 Å². The molecule has 1 aromatic carbocycles. The largest absolute Gasteiger partial charge is 0.447 e. The Bertz CT molecular complexity index is 569. The second-order valence-electron chi connectivity index (χ2n) is 5.71. The molecule has 1 fully saturated rings. The third-order valence-electron chi connectivity index (χ3n) is 3.88. The highest BCUT2D eigenvalue weighted by molar-refractivity contribution is 5.95. The van der Waals surface area contributed by atoms with Gasteiger partial charge in [0.05, 0.1) is 18.1 Å². The molecule has 1 aliphatic rings. The maximum absolute atomic E-state index is 12.5. The third kappa shape index (κ3) is 3.36. The maximum atomic E-state index is 12.5. The lowest BCUT2D eigenvalue weighted by Crippen LogP contribution is -2.45. The maximum Gasteiger partial charge on any atom is 0.416 e. The predicted octanol–water partition coefficient (Wildman–Crippen LogP) is 2.15. The average Bonchev–Trinajstić information content (AvgIpc) is 2.86. The van der Waals surface area contributed by atoms with Gasteiger partial charge in [-0.1, -0.05) is 49.4 Å². The minimum Gasteiger partial charge on any atom is -0.447 e. The van der Waals surface area contributed by atoms with Gasteiger partial charge >= 0.3 is 6.09 Å². The number of carbonyl (C=O) groups is 2. The Hall–Kier alpha value is -2.14. The van der Waals surface area contributed by atoms with Gasteiger partial charge < -0.3 is 9.84 Å². The molecule has 3 atom stereocenters. The highest BCUT2D eigenvalue weighted by Gasteiger charge is 2.41. The lowest BCUT2D eigenvalue weighted by molar-refractivity contribution is -0.135. The molecular weight excluding hydrogens is 282 g/mol. The molecule has 3 unspecified atom stereocenters. The van der Waals surface area contributed by atoms with Crippen LogP contribution in [0.3, 0.4) is 0 Å². The quantitative estimate of drug-likeness (QED) is 0.846. The molecule has 0 bridgehead atoms. The molecule has 0 aromatic heterocycles. The van der Waals surface area contributed by atoms with E-state index in [4.69, 9.17) is 4.74 Å². The summed E-state index contributed by atoms with van der Waals surface area (Å²) in [6.45, 7) is 7.07. The summed E-state index contributed by atoms with van der Waals surface area (Å²) in [6.07, 6.45) is -1.08. The van der Waals surface area contributed by atoms with Crippen LogP contribution in [-0.4, -0.2) is 40.8 Å². The third-order valence-corrected chi connectivity index (χ3v) is 3.88. The number of benzene rings is 1. The van der Waals surface area contributed by atoms with Crippen molar-refractivity contribution in [2.75, 3.05) is 6.61 Å². The number of carbonyl (C=O) groups excluding carboxylic acids is 2. The van der Waals surface area contributed by atoms with Crippen molar-refractivity contribution in [3.8, 4) is 0 Å². The van der Waals surface area contributed by atoms with E-state index in [0.29, 0.717) is 12.0 Å². The Morgan fingerprint density at radius 1 is 1.45 bits per heavy atom. The van der Waals surface area contributed by atoms with Gasteiger partial charge in [0.25, 0.3) is 0 Å². The van der Waals surface area contributed by atoms with Gasteiger partial charge in [0.15, 0.2) is 0 Å². The zero-order valence-corrected chi connectivity index (χ0v) is 12.9. The molecule has 118 valence electrons. The van der Waals surface area contributed by atoms with E-state index in [9.17, 15) is 14.7 Å². The van der Waals surface area contributed by atoms with Crippen molar-refractivity contribution >= 4 is 12.0 Å². The standard InChI is InChI=1S/C17H21NO4/c1-11(2)15(19)12(3)16(20)18-14(10-22-17(18)21)9-13-7-5-4-6-8-13/h4-8,12,14-15,19H,1,9-10H2,2-3H3. The lowest BCUT2D eigenvalue weighted by atomic mass is 9.97. The minimum absolute atomic E-state index is 0.176. The van der Waals surface area contributed by atoms with Gasteiger partial charge in [-0.2, -0.15) is 0 Å². The van der Waals surface area contributed by atoms with E-state index in [1.165, 1.54) is 0 Å². The van der Waals surface area contributed by atoms with Crippen LogP contribution in [0.2, 0.25) is 0 Å². The molecule has 1 heterocycles. The van der Waals surface area contributed by atoms with E-state index < -0.39 is 24.0 Å². The van der Waals surface area contributed by atoms with Gasteiger partial charge in [-0.25, -0.2) is 9.69 Å². The van der Waals surface area contributed by atoms with E-state index >= 15 is 0 Å². The molecule has 0 aliphatic carbocycles. The topological polar surface area (TPSA) is 66.8 Å². The van der Waals surface area contributed by atoms with Crippen molar-refractivity contribution in [1.82, 2.24) is 4.90 Å². The van der Waals surface area contributed by atoms with Crippen molar-refractivity contribution < 1.29 is 19.4 Å². The molecular formula is C17H21NO4. The Balaban J connectivity index is 2.14. The van der Waals surface area contributed by atoms with Crippen molar-refractivity contribution in [2.24, 2.45) is 5.92 Å². The Morgan fingerprint density at radius 3 is 2.68 bits per heavy atom.